The number of halogens is 2. The van der Waals surface area contributed by atoms with Crippen molar-refractivity contribution in [3.05, 3.63) is 87.1 Å². The van der Waals surface area contributed by atoms with E-state index in [2.05, 4.69) is 32.3 Å². The number of methoxy groups -OCH3 is 1. The van der Waals surface area contributed by atoms with Gasteiger partial charge in [0.2, 0.25) is 5.95 Å². The fourth-order valence-electron chi connectivity index (χ4n) is 6.41. The number of nitrogens with zero attached hydrogens (tertiary/aromatic N) is 8. The van der Waals surface area contributed by atoms with Gasteiger partial charge in [0.15, 0.2) is 23.0 Å². The molecule has 2 saturated heterocycles. The molecule has 2 aliphatic heterocycles. The van der Waals surface area contributed by atoms with Gasteiger partial charge in [0.25, 0.3) is 11.2 Å². The van der Waals surface area contributed by atoms with Crippen LogP contribution < -0.4 is 25.2 Å². The van der Waals surface area contributed by atoms with Gasteiger partial charge in [-0.25, -0.2) is 13.8 Å². The van der Waals surface area contributed by atoms with E-state index in [-0.39, 0.29) is 34.5 Å². The number of likely N-dealkylation sites (tertiary alicyclic amines) is 1. The van der Waals surface area contributed by atoms with Crippen LogP contribution in [0.1, 0.15) is 0 Å². The van der Waals surface area contributed by atoms with Crippen molar-refractivity contribution in [3.8, 4) is 22.9 Å². The van der Waals surface area contributed by atoms with E-state index in [9.17, 15) is 23.7 Å². The first kappa shape index (κ1) is 30.0. The molecule has 5 heterocycles. The van der Waals surface area contributed by atoms with Gasteiger partial charge in [-0.15, -0.1) is 0 Å². The summed E-state index contributed by atoms with van der Waals surface area (Å²) in [7, 11) is 5.22. The third-order valence-corrected chi connectivity index (χ3v) is 8.52. The van der Waals surface area contributed by atoms with Crippen LogP contribution in [0.2, 0.25) is 0 Å². The summed E-state index contributed by atoms with van der Waals surface area (Å²) in [6, 6.07) is 7.14. The number of nitro benzene ring substituents is 1. The molecule has 3 aromatic heterocycles. The monoisotopic (exact) mass is 645 g/mol. The van der Waals surface area contributed by atoms with Crippen LogP contribution >= 0.6 is 0 Å². The van der Waals surface area contributed by atoms with Gasteiger partial charge in [-0.1, -0.05) is 0 Å². The maximum atomic E-state index is 14.4. The van der Waals surface area contributed by atoms with E-state index in [1.165, 1.54) is 40.9 Å². The lowest BCUT2D eigenvalue weighted by Crippen LogP contribution is -2.27. The van der Waals surface area contributed by atoms with E-state index in [1.54, 1.807) is 19.3 Å². The number of hydrogen-bond acceptors (Lipinski definition) is 11. The lowest BCUT2D eigenvalue weighted by atomic mass is 10.0. The fraction of sp³-hybridized carbons (Fsp3) is 0.290. The fourth-order valence-corrected chi connectivity index (χ4v) is 6.41. The Labute approximate surface area is 265 Å². The van der Waals surface area contributed by atoms with Crippen molar-refractivity contribution >= 4 is 34.0 Å². The molecule has 5 aromatic rings. The summed E-state index contributed by atoms with van der Waals surface area (Å²) < 4.78 is 41.8. The summed E-state index contributed by atoms with van der Waals surface area (Å²) in [6.07, 6.45) is 4.43. The Bertz CT molecular complexity index is 2090. The molecule has 0 aliphatic carbocycles. The van der Waals surface area contributed by atoms with Crippen molar-refractivity contribution in [1.29, 1.82) is 0 Å². The molecule has 1 N–H and O–H groups in total. The van der Waals surface area contributed by atoms with Crippen molar-refractivity contribution in [1.82, 2.24) is 29.2 Å². The SMILES string of the molecule is COc1cc(N2C[C@H]3CN(C)C[C@H]3C2)c([N+](=O)[O-])cc1Nc1ncc2cc(Oc3ccc(F)cc3F)c(=O)n(-c3cnn(C)c3)c2n1. The molecular formula is C31H29F2N9O5. The molecule has 2 aliphatic rings. The molecule has 2 aromatic carbocycles. The zero-order chi connectivity index (χ0) is 33.0. The molecule has 0 spiro atoms. The normalized spacial score (nSPS) is 17.7. The van der Waals surface area contributed by atoms with Gasteiger partial charge < -0.3 is 24.6 Å². The first-order valence-electron chi connectivity index (χ1n) is 14.7. The lowest BCUT2D eigenvalue weighted by Gasteiger charge is -2.22. The molecule has 0 amide bonds. The van der Waals surface area contributed by atoms with Gasteiger partial charge in [-0.3, -0.25) is 24.2 Å². The average Bonchev–Trinajstić information content (AvgIpc) is 3.73. The van der Waals surface area contributed by atoms with E-state index >= 15 is 0 Å². The summed E-state index contributed by atoms with van der Waals surface area (Å²) in [5.74, 6) is -1.15. The molecule has 47 heavy (non-hydrogen) atoms. The number of anilines is 3. The first-order chi connectivity index (χ1) is 22.6. The number of rotatable bonds is 8. The maximum absolute atomic E-state index is 14.4. The average molecular weight is 646 g/mol. The number of aryl methyl sites for hydroxylation is 1. The van der Waals surface area contributed by atoms with Crippen molar-refractivity contribution in [2.24, 2.45) is 18.9 Å². The van der Waals surface area contributed by atoms with Crippen LogP contribution in [0.25, 0.3) is 16.7 Å². The molecular weight excluding hydrogens is 616 g/mol. The van der Waals surface area contributed by atoms with Crippen LogP contribution in [-0.4, -0.2) is 74.5 Å². The van der Waals surface area contributed by atoms with E-state index in [0.717, 1.165) is 25.2 Å². The van der Waals surface area contributed by atoms with E-state index < -0.39 is 22.1 Å². The Balaban J connectivity index is 1.28. The van der Waals surface area contributed by atoms with Gasteiger partial charge in [-0.2, -0.15) is 10.1 Å². The molecule has 0 unspecified atom stereocenters. The zero-order valence-corrected chi connectivity index (χ0v) is 25.6. The summed E-state index contributed by atoms with van der Waals surface area (Å²) in [5, 5.41) is 19.8. The van der Waals surface area contributed by atoms with Crippen molar-refractivity contribution < 1.29 is 23.2 Å². The highest BCUT2D eigenvalue weighted by atomic mass is 19.1. The molecule has 0 saturated carbocycles. The predicted molar refractivity (Wildman–Crippen MR) is 168 cm³/mol. The second-order valence-corrected chi connectivity index (χ2v) is 11.7. The van der Waals surface area contributed by atoms with Crippen LogP contribution in [0.15, 0.2) is 59.8 Å². The van der Waals surface area contributed by atoms with Crippen LogP contribution in [-0.2, 0) is 7.05 Å². The Morgan fingerprint density at radius 3 is 2.43 bits per heavy atom. The van der Waals surface area contributed by atoms with Gasteiger partial charge in [0.05, 0.1) is 29.6 Å². The Morgan fingerprint density at radius 1 is 1.00 bits per heavy atom. The number of hydrogen-bond donors (Lipinski definition) is 1. The number of aromatic nitrogens is 5. The number of fused-ring (bicyclic) bond motifs is 2. The van der Waals surface area contributed by atoms with E-state index in [1.807, 2.05) is 4.90 Å². The van der Waals surface area contributed by atoms with Crippen molar-refractivity contribution in [3.63, 3.8) is 0 Å². The molecule has 2 atom stereocenters. The number of nitro groups is 1. The molecule has 14 nitrogen and oxygen atoms in total. The number of pyridine rings is 1. The van der Waals surface area contributed by atoms with Crippen molar-refractivity contribution in [2.45, 2.75) is 0 Å². The highest BCUT2D eigenvalue weighted by molar-refractivity contribution is 5.81. The van der Waals surface area contributed by atoms with Crippen LogP contribution in [0, 0.1) is 33.6 Å². The van der Waals surface area contributed by atoms with Crippen LogP contribution in [0.5, 0.6) is 17.2 Å². The summed E-state index contributed by atoms with van der Waals surface area (Å²) in [5.41, 5.74) is 0.415. The first-order valence-corrected chi connectivity index (χ1v) is 14.7. The Kier molecular flexibility index (Phi) is 7.43. The van der Waals surface area contributed by atoms with E-state index in [0.29, 0.717) is 53.5 Å². The molecule has 0 bridgehead atoms. The van der Waals surface area contributed by atoms with Crippen molar-refractivity contribution in [2.75, 3.05) is 50.6 Å². The minimum absolute atomic E-state index is 0.0203. The van der Waals surface area contributed by atoms with Gasteiger partial charge in [0.1, 0.15) is 17.3 Å². The number of benzene rings is 2. The van der Waals surface area contributed by atoms with Crippen LogP contribution in [0.3, 0.4) is 0 Å². The number of nitrogens with one attached hydrogen (secondary N) is 1. The topological polar surface area (TPSA) is 146 Å². The third kappa shape index (κ3) is 5.56. The van der Waals surface area contributed by atoms with Gasteiger partial charge in [0, 0.05) is 69.2 Å². The summed E-state index contributed by atoms with van der Waals surface area (Å²) in [4.78, 5) is 38.9. The standard InChI is InChI=1S/C31H29F2N9O5/c1-38-12-18-14-40(15-19(18)13-38)24-9-27(46-3)23(8-25(24)42(44)45)36-31-34-10-17-6-28(47-26-5-4-20(32)7-22(26)33)30(43)41(29(17)37-31)21-11-35-39(2)16-21/h4-11,16,18-19H,12-15H2,1-3H3,(H,34,36,37)/t18-,19+. The van der Waals surface area contributed by atoms with Gasteiger partial charge in [-0.05, 0) is 37.1 Å². The Hall–Kier alpha value is -5.64. The smallest absolute Gasteiger partial charge is 0.299 e. The largest absolute Gasteiger partial charge is 0.494 e. The lowest BCUT2D eigenvalue weighted by molar-refractivity contribution is -0.384. The molecule has 0 radical (unpaired) electrons. The predicted octanol–water partition coefficient (Wildman–Crippen LogP) is 4.24. The molecule has 2 fully saturated rings. The van der Waals surface area contributed by atoms with E-state index in [4.69, 9.17) is 9.47 Å². The minimum Gasteiger partial charge on any atom is -0.494 e. The molecule has 242 valence electrons. The van der Waals surface area contributed by atoms with Crippen LogP contribution in [0.4, 0.5) is 31.8 Å². The second kappa shape index (κ2) is 11.6. The highest BCUT2D eigenvalue weighted by Crippen LogP contribution is 2.43. The zero-order valence-electron chi connectivity index (χ0n) is 25.6. The second-order valence-electron chi connectivity index (χ2n) is 11.7. The third-order valence-electron chi connectivity index (χ3n) is 8.52. The molecule has 16 heteroatoms. The highest BCUT2D eigenvalue weighted by Gasteiger charge is 2.40. The quantitative estimate of drug-likeness (QED) is 0.191. The number of ether oxygens (including phenoxy) is 2. The Morgan fingerprint density at radius 2 is 1.77 bits per heavy atom. The van der Waals surface area contributed by atoms with Gasteiger partial charge >= 0.3 is 0 Å². The maximum Gasteiger partial charge on any atom is 0.299 e. The minimum atomic E-state index is -0.984. The summed E-state index contributed by atoms with van der Waals surface area (Å²) >= 11 is 0. The summed E-state index contributed by atoms with van der Waals surface area (Å²) in [6.45, 7) is 3.33. The molecule has 7 rings (SSSR count).